The number of hydrogen-bond donors (Lipinski definition) is 0. The molecule has 1 aromatic heterocycles. The number of aromatic nitrogens is 1. The van der Waals surface area contributed by atoms with E-state index in [0.29, 0.717) is 35.7 Å². The highest BCUT2D eigenvalue weighted by atomic mass is 19.4. The summed E-state index contributed by atoms with van der Waals surface area (Å²) < 4.78 is 52.3. The number of fused-ring (bicyclic) bond motifs is 1. The number of benzene rings is 2. The highest BCUT2D eigenvalue weighted by molar-refractivity contribution is 5.95. The van der Waals surface area contributed by atoms with Gasteiger partial charge in [0.2, 0.25) is 6.79 Å². The normalized spacial score (nSPS) is 15.9. The molecule has 0 unspecified atom stereocenters. The monoisotopic (exact) mass is 484 g/mol. The fourth-order valence-corrected chi connectivity index (χ4v) is 4.92. The number of carbonyl (C=O) groups is 1. The molecule has 3 aromatic rings. The van der Waals surface area contributed by atoms with Crippen molar-refractivity contribution in [1.29, 1.82) is 0 Å². The van der Waals surface area contributed by atoms with E-state index in [1.165, 1.54) is 12.1 Å². The molecule has 0 spiro atoms. The topological polar surface area (TPSA) is 43.7 Å². The van der Waals surface area contributed by atoms with Crippen molar-refractivity contribution in [3.8, 4) is 11.5 Å². The van der Waals surface area contributed by atoms with Crippen molar-refractivity contribution in [3.63, 3.8) is 0 Å². The Morgan fingerprint density at radius 2 is 1.77 bits per heavy atom. The van der Waals surface area contributed by atoms with Gasteiger partial charge in [0.25, 0.3) is 5.91 Å². The van der Waals surface area contributed by atoms with Gasteiger partial charge in [-0.3, -0.25) is 4.79 Å². The summed E-state index contributed by atoms with van der Waals surface area (Å²) >= 11 is 0. The van der Waals surface area contributed by atoms with Crippen LogP contribution in [-0.4, -0.2) is 28.2 Å². The Kier molecular flexibility index (Phi) is 6.45. The first kappa shape index (κ1) is 23.3. The van der Waals surface area contributed by atoms with Crippen molar-refractivity contribution < 1.29 is 27.4 Å². The summed E-state index contributed by atoms with van der Waals surface area (Å²) in [4.78, 5) is 15.6. The molecule has 35 heavy (non-hydrogen) atoms. The summed E-state index contributed by atoms with van der Waals surface area (Å²) in [5.41, 5.74) is 1.31. The van der Waals surface area contributed by atoms with E-state index < -0.39 is 11.7 Å². The molecule has 2 aliphatic rings. The molecule has 0 radical (unpaired) electrons. The van der Waals surface area contributed by atoms with Crippen molar-refractivity contribution in [2.75, 3.05) is 6.79 Å². The summed E-state index contributed by atoms with van der Waals surface area (Å²) in [6.07, 6.45) is 2.63. The minimum atomic E-state index is -4.38. The lowest BCUT2D eigenvalue weighted by atomic mass is 9.93. The Bertz CT molecular complexity index is 1200. The number of nitrogens with zero attached hydrogens (tertiary/aromatic N) is 2. The van der Waals surface area contributed by atoms with Gasteiger partial charge in [-0.05, 0) is 60.9 Å². The van der Waals surface area contributed by atoms with Crippen LogP contribution in [0.15, 0.2) is 60.8 Å². The summed E-state index contributed by atoms with van der Waals surface area (Å²) in [5.74, 6) is 1.11. The van der Waals surface area contributed by atoms with Crippen molar-refractivity contribution in [1.82, 2.24) is 9.47 Å². The van der Waals surface area contributed by atoms with E-state index >= 15 is 0 Å². The van der Waals surface area contributed by atoms with Crippen LogP contribution in [0.1, 0.15) is 59.3 Å². The van der Waals surface area contributed by atoms with E-state index in [4.69, 9.17) is 9.47 Å². The standard InChI is InChI=1S/C27H27F3N2O3/c28-27(29,30)21-7-4-6-19(14-21)16-31-13-5-10-23(31)17-32(22-8-2-1-3-9-22)26(33)20-11-12-24-25(15-20)35-18-34-24/h4-7,10-15,22H,1-3,8-9,16-18H2. The second-order valence-corrected chi connectivity index (χ2v) is 9.12. The zero-order chi connectivity index (χ0) is 24.4. The Labute approximate surface area is 202 Å². The molecule has 1 saturated carbocycles. The fourth-order valence-electron chi connectivity index (χ4n) is 4.92. The van der Waals surface area contributed by atoms with Crippen LogP contribution < -0.4 is 9.47 Å². The fraction of sp³-hybridized carbons (Fsp3) is 0.370. The average Bonchev–Trinajstić information content (AvgIpc) is 3.51. The van der Waals surface area contributed by atoms with Gasteiger partial charge in [-0.2, -0.15) is 13.2 Å². The molecular formula is C27H27F3N2O3. The van der Waals surface area contributed by atoms with Crippen LogP contribution in [-0.2, 0) is 19.3 Å². The first-order valence-corrected chi connectivity index (χ1v) is 11.9. The largest absolute Gasteiger partial charge is 0.454 e. The summed E-state index contributed by atoms with van der Waals surface area (Å²) in [7, 11) is 0. The molecule has 2 heterocycles. The highest BCUT2D eigenvalue weighted by Gasteiger charge is 2.31. The molecule has 0 N–H and O–H groups in total. The first-order chi connectivity index (χ1) is 16.9. The molecule has 8 heteroatoms. The maximum absolute atomic E-state index is 13.7. The van der Waals surface area contributed by atoms with Crippen LogP contribution in [0, 0.1) is 0 Å². The van der Waals surface area contributed by atoms with Gasteiger partial charge in [0.15, 0.2) is 11.5 Å². The molecule has 0 bridgehead atoms. The Hall–Kier alpha value is -3.42. The van der Waals surface area contributed by atoms with Gasteiger partial charge < -0.3 is 18.9 Å². The van der Waals surface area contributed by atoms with E-state index in [9.17, 15) is 18.0 Å². The number of rotatable bonds is 6. The third-order valence-corrected chi connectivity index (χ3v) is 6.76. The zero-order valence-electron chi connectivity index (χ0n) is 19.3. The second kappa shape index (κ2) is 9.68. The van der Waals surface area contributed by atoms with Crippen LogP contribution in [0.3, 0.4) is 0 Å². The van der Waals surface area contributed by atoms with Crippen molar-refractivity contribution in [3.05, 3.63) is 83.2 Å². The summed E-state index contributed by atoms with van der Waals surface area (Å²) in [6, 6.07) is 14.5. The molecule has 5 nitrogen and oxygen atoms in total. The average molecular weight is 485 g/mol. The van der Waals surface area contributed by atoms with Gasteiger partial charge in [-0.25, -0.2) is 0 Å². The van der Waals surface area contributed by atoms with E-state index in [1.807, 2.05) is 27.8 Å². The van der Waals surface area contributed by atoms with E-state index in [2.05, 4.69) is 0 Å². The summed E-state index contributed by atoms with van der Waals surface area (Å²) in [5, 5.41) is 0. The SMILES string of the molecule is O=C(c1ccc2c(c1)OCO2)N(Cc1cccn1Cc1cccc(C(F)(F)F)c1)C1CCCCC1. The van der Waals surface area contributed by atoms with Crippen LogP contribution in [0.4, 0.5) is 13.2 Å². The first-order valence-electron chi connectivity index (χ1n) is 11.9. The van der Waals surface area contributed by atoms with Crippen molar-refractivity contribution in [2.45, 2.75) is 57.4 Å². The highest BCUT2D eigenvalue weighted by Crippen LogP contribution is 2.34. The number of alkyl halides is 3. The lowest BCUT2D eigenvalue weighted by molar-refractivity contribution is -0.137. The lowest BCUT2D eigenvalue weighted by Gasteiger charge is -2.35. The number of ether oxygens (including phenoxy) is 2. The number of halogens is 3. The van der Waals surface area contributed by atoms with Crippen LogP contribution in [0.5, 0.6) is 11.5 Å². The third kappa shape index (κ3) is 5.16. The van der Waals surface area contributed by atoms with E-state index in [1.54, 1.807) is 24.3 Å². The molecule has 5 rings (SSSR count). The number of carbonyl (C=O) groups excluding carboxylic acids is 1. The van der Waals surface area contributed by atoms with Gasteiger partial charge in [-0.1, -0.05) is 31.4 Å². The lowest BCUT2D eigenvalue weighted by Crippen LogP contribution is -2.41. The minimum Gasteiger partial charge on any atom is -0.454 e. The smallest absolute Gasteiger partial charge is 0.416 e. The predicted molar refractivity (Wildman–Crippen MR) is 124 cm³/mol. The molecule has 1 fully saturated rings. The van der Waals surface area contributed by atoms with Crippen molar-refractivity contribution in [2.24, 2.45) is 0 Å². The quantitative estimate of drug-likeness (QED) is 0.415. The molecular weight excluding hydrogens is 457 g/mol. The molecule has 184 valence electrons. The summed E-state index contributed by atoms with van der Waals surface area (Å²) in [6.45, 7) is 0.815. The predicted octanol–water partition coefficient (Wildman–Crippen LogP) is 6.26. The van der Waals surface area contributed by atoms with Crippen LogP contribution in [0.2, 0.25) is 0 Å². The van der Waals surface area contributed by atoms with E-state index in [-0.39, 0.29) is 18.7 Å². The van der Waals surface area contributed by atoms with Gasteiger partial charge in [0.1, 0.15) is 0 Å². The third-order valence-electron chi connectivity index (χ3n) is 6.76. The van der Waals surface area contributed by atoms with Gasteiger partial charge in [-0.15, -0.1) is 0 Å². The molecule has 0 atom stereocenters. The Morgan fingerprint density at radius 3 is 2.57 bits per heavy atom. The molecule has 2 aromatic carbocycles. The molecule has 1 amide bonds. The second-order valence-electron chi connectivity index (χ2n) is 9.12. The van der Waals surface area contributed by atoms with E-state index in [0.717, 1.165) is 43.9 Å². The van der Waals surface area contributed by atoms with Gasteiger partial charge in [0.05, 0.1) is 12.1 Å². The zero-order valence-corrected chi connectivity index (χ0v) is 19.3. The van der Waals surface area contributed by atoms with Crippen LogP contribution in [0.25, 0.3) is 0 Å². The number of hydrogen-bond acceptors (Lipinski definition) is 3. The molecule has 0 saturated heterocycles. The maximum Gasteiger partial charge on any atom is 0.416 e. The molecule has 1 aliphatic heterocycles. The Morgan fingerprint density at radius 1 is 0.971 bits per heavy atom. The Balaban J connectivity index is 1.40. The van der Waals surface area contributed by atoms with Gasteiger partial charge in [0, 0.05) is 30.0 Å². The van der Waals surface area contributed by atoms with Crippen molar-refractivity contribution >= 4 is 5.91 Å². The minimum absolute atomic E-state index is 0.0815. The molecule has 1 aliphatic carbocycles. The van der Waals surface area contributed by atoms with Gasteiger partial charge >= 0.3 is 6.18 Å². The maximum atomic E-state index is 13.7. The number of amides is 1. The van der Waals surface area contributed by atoms with Crippen LogP contribution >= 0.6 is 0 Å².